The first-order chi connectivity index (χ1) is 14.0. The quantitative estimate of drug-likeness (QED) is 0.677. The van der Waals surface area contributed by atoms with Gasteiger partial charge in [0.15, 0.2) is 25.4 Å². The van der Waals surface area contributed by atoms with Gasteiger partial charge in [0, 0.05) is 44.3 Å². The number of carbonyl (C=O) groups is 2. The minimum Gasteiger partial charge on any atom is -0.459 e. The predicted molar refractivity (Wildman–Crippen MR) is 108 cm³/mol. The molecule has 162 valence electrons. The van der Waals surface area contributed by atoms with E-state index in [1.54, 1.807) is 17.0 Å². The molecular weight excluding hydrogens is 432 g/mol. The highest BCUT2D eigenvalue weighted by Gasteiger charge is 2.26. The Morgan fingerprint density at radius 1 is 0.833 bits per heavy atom. The molecule has 0 radical (unpaired) electrons. The number of hydrogen-bond donors (Lipinski definition) is 0. The summed E-state index contributed by atoms with van der Waals surface area (Å²) in [6.45, 7) is 1.28. The van der Waals surface area contributed by atoms with Crippen LogP contribution in [0.15, 0.2) is 50.8 Å². The molecule has 11 heteroatoms. The lowest BCUT2D eigenvalue weighted by Crippen LogP contribution is -2.37. The van der Waals surface area contributed by atoms with E-state index in [2.05, 4.69) is 0 Å². The van der Waals surface area contributed by atoms with E-state index < -0.39 is 25.6 Å². The summed E-state index contributed by atoms with van der Waals surface area (Å²) < 4.78 is 53.0. The lowest BCUT2D eigenvalue weighted by Gasteiger charge is -2.22. The van der Waals surface area contributed by atoms with Crippen LogP contribution in [-0.4, -0.2) is 77.1 Å². The smallest absolute Gasteiger partial charge is 0.289 e. The van der Waals surface area contributed by atoms with Gasteiger partial charge >= 0.3 is 0 Å². The Labute approximate surface area is 175 Å². The first-order valence-corrected chi connectivity index (χ1v) is 12.9. The lowest BCUT2D eigenvalue weighted by atomic mass is 10.2. The van der Waals surface area contributed by atoms with Crippen molar-refractivity contribution in [3.63, 3.8) is 0 Å². The molecule has 0 N–H and O–H groups in total. The zero-order valence-electron chi connectivity index (χ0n) is 16.6. The van der Waals surface area contributed by atoms with Gasteiger partial charge in [0.25, 0.3) is 11.8 Å². The van der Waals surface area contributed by atoms with Gasteiger partial charge in [0.2, 0.25) is 0 Å². The van der Waals surface area contributed by atoms with Crippen molar-refractivity contribution >= 4 is 31.5 Å². The molecule has 1 aliphatic heterocycles. The zero-order chi connectivity index (χ0) is 22.1. The fourth-order valence-electron chi connectivity index (χ4n) is 3.19. The maximum Gasteiger partial charge on any atom is 0.289 e. The molecule has 1 aromatic heterocycles. The topological polar surface area (TPSA) is 122 Å². The standard InChI is InChI=1S/C19H22N2O7S2/c1-29(24,25)15-11-14(12-16(13-15)30(2,26)27)18(22)20-6-4-7-21(9-8-20)19(23)17-5-3-10-28-17/h3,5,10-13H,4,6-9H2,1-2H3. The van der Waals surface area contributed by atoms with Crippen LogP contribution in [0.2, 0.25) is 0 Å². The van der Waals surface area contributed by atoms with E-state index in [1.807, 2.05) is 0 Å². The summed E-state index contributed by atoms with van der Waals surface area (Å²) >= 11 is 0. The third-order valence-corrected chi connectivity index (χ3v) is 6.97. The third kappa shape index (κ3) is 4.90. The molecule has 1 aliphatic rings. The molecule has 1 saturated heterocycles. The summed E-state index contributed by atoms with van der Waals surface area (Å²) in [7, 11) is -7.45. The van der Waals surface area contributed by atoms with Crippen molar-refractivity contribution in [2.75, 3.05) is 38.7 Å². The largest absolute Gasteiger partial charge is 0.459 e. The van der Waals surface area contributed by atoms with Gasteiger partial charge in [-0.2, -0.15) is 0 Å². The van der Waals surface area contributed by atoms with Crippen molar-refractivity contribution in [1.82, 2.24) is 9.80 Å². The van der Waals surface area contributed by atoms with Crippen LogP contribution in [0.1, 0.15) is 27.3 Å². The first-order valence-electron chi connectivity index (χ1n) is 9.14. The molecule has 0 aliphatic carbocycles. The molecule has 2 heterocycles. The molecule has 30 heavy (non-hydrogen) atoms. The molecule has 0 unspecified atom stereocenters. The minimum atomic E-state index is -3.72. The molecule has 0 atom stereocenters. The molecule has 9 nitrogen and oxygen atoms in total. The number of benzene rings is 1. The van der Waals surface area contributed by atoms with Gasteiger partial charge < -0.3 is 14.2 Å². The number of amides is 2. The fourth-order valence-corrected chi connectivity index (χ4v) is 4.62. The Kier molecular flexibility index (Phi) is 6.04. The van der Waals surface area contributed by atoms with Gasteiger partial charge in [0.05, 0.1) is 16.1 Å². The van der Waals surface area contributed by atoms with Crippen LogP contribution in [0.5, 0.6) is 0 Å². The molecule has 0 saturated carbocycles. The minimum absolute atomic E-state index is 0.0239. The maximum atomic E-state index is 13.0. The Morgan fingerprint density at radius 3 is 1.83 bits per heavy atom. The Bertz CT molecular complexity index is 1120. The number of sulfone groups is 2. The summed E-state index contributed by atoms with van der Waals surface area (Å²) in [6, 6.07) is 6.61. The van der Waals surface area contributed by atoms with Crippen LogP contribution in [-0.2, 0) is 19.7 Å². The summed E-state index contributed by atoms with van der Waals surface area (Å²) in [6.07, 6.45) is 3.83. The molecule has 2 amide bonds. The summed E-state index contributed by atoms with van der Waals surface area (Å²) in [5.41, 5.74) is -0.0239. The van der Waals surface area contributed by atoms with Gasteiger partial charge in [-0.1, -0.05) is 0 Å². The SMILES string of the molecule is CS(=O)(=O)c1cc(C(=O)N2CCCN(C(=O)c3ccco3)CC2)cc(S(C)(=O)=O)c1. The van der Waals surface area contributed by atoms with Crippen molar-refractivity contribution < 1.29 is 30.8 Å². The summed E-state index contributed by atoms with van der Waals surface area (Å²) in [4.78, 5) is 28.1. The molecular formula is C19H22N2O7S2. The molecule has 0 spiro atoms. The van der Waals surface area contributed by atoms with Gasteiger partial charge in [-0.15, -0.1) is 0 Å². The number of nitrogens with zero attached hydrogens (tertiary/aromatic N) is 2. The Morgan fingerprint density at radius 2 is 1.37 bits per heavy atom. The van der Waals surface area contributed by atoms with E-state index in [1.165, 1.54) is 23.3 Å². The van der Waals surface area contributed by atoms with E-state index in [0.717, 1.165) is 18.6 Å². The van der Waals surface area contributed by atoms with Gasteiger partial charge in [-0.3, -0.25) is 9.59 Å². The third-order valence-electron chi connectivity index (χ3n) is 4.79. The number of hydrogen-bond acceptors (Lipinski definition) is 7. The van der Waals surface area contributed by atoms with E-state index in [-0.39, 0.29) is 40.1 Å². The van der Waals surface area contributed by atoms with Crippen molar-refractivity contribution in [2.24, 2.45) is 0 Å². The van der Waals surface area contributed by atoms with Crippen molar-refractivity contribution in [3.05, 3.63) is 47.9 Å². The van der Waals surface area contributed by atoms with E-state index in [0.29, 0.717) is 19.5 Å². The second-order valence-electron chi connectivity index (χ2n) is 7.15. The average Bonchev–Trinajstić information content (AvgIpc) is 3.10. The highest BCUT2D eigenvalue weighted by Crippen LogP contribution is 2.21. The second kappa shape index (κ2) is 8.23. The number of furan rings is 1. The van der Waals surface area contributed by atoms with Crippen LogP contribution in [0, 0.1) is 0 Å². The molecule has 2 aromatic rings. The predicted octanol–water partition coefficient (Wildman–Crippen LogP) is 1.07. The molecule has 1 aromatic carbocycles. The Balaban J connectivity index is 1.85. The Hall–Kier alpha value is -2.66. The van der Waals surface area contributed by atoms with Gasteiger partial charge in [0.1, 0.15) is 0 Å². The molecule has 0 bridgehead atoms. The molecule has 3 rings (SSSR count). The monoisotopic (exact) mass is 454 g/mol. The highest BCUT2D eigenvalue weighted by atomic mass is 32.2. The van der Waals surface area contributed by atoms with E-state index >= 15 is 0 Å². The number of carbonyl (C=O) groups excluding carboxylic acids is 2. The number of rotatable bonds is 4. The summed E-state index contributed by atoms with van der Waals surface area (Å²) in [5.74, 6) is -0.543. The molecule has 1 fully saturated rings. The van der Waals surface area contributed by atoms with Crippen LogP contribution in [0.25, 0.3) is 0 Å². The van der Waals surface area contributed by atoms with E-state index in [9.17, 15) is 26.4 Å². The van der Waals surface area contributed by atoms with Crippen LogP contribution in [0.3, 0.4) is 0 Å². The fraction of sp³-hybridized carbons (Fsp3) is 0.368. The van der Waals surface area contributed by atoms with Crippen molar-refractivity contribution in [3.8, 4) is 0 Å². The second-order valence-corrected chi connectivity index (χ2v) is 11.2. The van der Waals surface area contributed by atoms with Gasteiger partial charge in [-0.25, -0.2) is 16.8 Å². The first kappa shape index (κ1) is 22.0. The van der Waals surface area contributed by atoms with Crippen molar-refractivity contribution in [1.29, 1.82) is 0 Å². The van der Waals surface area contributed by atoms with Gasteiger partial charge in [-0.05, 0) is 36.8 Å². The van der Waals surface area contributed by atoms with Crippen molar-refractivity contribution in [2.45, 2.75) is 16.2 Å². The average molecular weight is 455 g/mol. The van der Waals surface area contributed by atoms with Crippen LogP contribution >= 0.6 is 0 Å². The van der Waals surface area contributed by atoms with Crippen LogP contribution in [0.4, 0.5) is 0 Å². The normalized spacial score (nSPS) is 15.7. The summed E-state index contributed by atoms with van der Waals surface area (Å²) in [5, 5.41) is 0. The lowest BCUT2D eigenvalue weighted by molar-refractivity contribution is 0.0700. The van der Waals surface area contributed by atoms with E-state index in [4.69, 9.17) is 4.42 Å². The maximum absolute atomic E-state index is 13.0. The highest BCUT2D eigenvalue weighted by molar-refractivity contribution is 7.91. The van der Waals surface area contributed by atoms with Crippen LogP contribution < -0.4 is 0 Å². The zero-order valence-corrected chi connectivity index (χ0v) is 18.2.